The number of hydrogen-bond donors (Lipinski definition) is 1. The summed E-state index contributed by atoms with van der Waals surface area (Å²) in [6, 6.07) is 11.4. The van der Waals surface area contributed by atoms with Crippen molar-refractivity contribution in [2.75, 3.05) is 31.5 Å². The lowest BCUT2D eigenvalue weighted by molar-refractivity contribution is -0.139. The zero-order chi connectivity index (χ0) is 29.6. The van der Waals surface area contributed by atoms with Gasteiger partial charge in [0.2, 0.25) is 17.8 Å². The third-order valence-electron chi connectivity index (χ3n) is 7.45. The van der Waals surface area contributed by atoms with Crippen LogP contribution in [0.5, 0.6) is 0 Å². The van der Waals surface area contributed by atoms with Crippen molar-refractivity contribution in [3.05, 3.63) is 71.2 Å². The van der Waals surface area contributed by atoms with Crippen molar-refractivity contribution >= 4 is 34.5 Å². The minimum atomic E-state index is -0.368. The van der Waals surface area contributed by atoms with Gasteiger partial charge in [-0.3, -0.25) is 19.0 Å². The first-order valence-corrected chi connectivity index (χ1v) is 14.5. The molecule has 3 heterocycles. The Hall–Kier alpha value is -4.01. The number of rotatable bonds is 12. The molecule has 2 aromatic heterocycles. The molecule has 4 rings (SSSR count). The van der Waals surface area contributed by atoms with Crippen molar-refractivity contribution < 1.29 is 9.59 Å². The molecule has 1 aliphatic heterocycles. The molecule has 0 aliphatic carbocycles. The average Bonchev–Trinajstić information content (AvgIpc) is 2.92. The molecule has 0 spiro atoms. The third kappa shape index (κ3) is 7.60. The highest BCUT2D eigenvalue weighted by molar-refractivity contribution is 5.87. The lowest BCUT2D eigenvalue weighted by atomic mass is 9.94. The number of nitrogens with one attached hydrogen (secondary N) is 1. The zero-order valence-electron chi connectivity index (χ0n) is 24.7. The summed E-state index contributed by atoms with van der Waals surface area (Å²) in [5, 5.41) is 4.06. The number of aromatic nitrogens is 3. The molecule has 0 unspecified atom stereocenters. The summed E-state index contributed by atoms with van der Waals surface area (Å²) >= 11 is 0. The largest absolute Gasteiger partial charge is 0.342 e. The fourth-order valence-electron chi connectivity index (χ4n) is 5.14. The first kappa shape index (κ1) is 30.0. The van der Waals surface area contributed by atoms with Gasteiger partial charge in [-0.2, -0.15) is 4.98 Å². The Morgan fingerprint density at radius 1 is 1.12 bits per heavy atom. The summed E-state index contributed by atoms with van der Waals surface area (Å²) < 4.78 is 1.69. The van der Waals surface area contributed by atoms with Crippen LogP contribution in [0.4, 0.5) is 11.6 Å². The fraction of sp³-hybridized carbons (Fsp3) is 0.469. The molecule has 1 aromatic carbocycles. The Kier molecular flexibility index (Phi) is 9.57. The molecule has 1 saturated heterocycles. The number of benzene rings is 1. The smallest absolute Gasteiger partial charge is 0.252 e. The molecule has 3 aromatic rings. The number of amides is 2. The van der Waals surface area contributed by atoms with E-state index in [0.29, 0.717) is 37.1 Å². The molecule has 0 radical (unpaired) electrons. The van der Waals surface area contributed by atoms with Gasteiger partial charge in [-0.05, 0) is 61.4 Å². The minimum Gasteiger partial charge on any atom is -0.342 e. The molecule has 41 heavy (non-hydrogen) atoms. The number of nitrogens with zero attached hydrogens (tertiary/aromatic N) is 5. The highest BCUT2D eigenvalue weighted by Crippen LogP contribution is 2.22. The van der Waals surface area contributed by atoms with Crippen molar-refractivity contribution in [1.29, 1.82) is 0 Å². The number of anilines is 2. The molecule has 1 aliphatic rings. The van der Waals surface area contributed by atoms with E-state index in [4.69, 9.17) is 0 Å². The molecule has 9 heteroatoms. The van der Waals surface area contributed by atoms with Crippen molar-refractivity contribution in [3.8, 4) is 0 Å². The fourth-order valence-corrected chi connectivity index (χ4v) is 5.14. The predicted molar refractivity (Wildman–Crippen MR) is 163 cm³/mol. The number of pyridine rings is 1. The summed E-state index contributed by atoms with van der Waals surface area (Å²) in [6.45, 7) is 15.0. The quantitative estimate of drug-likeness (QED) is 0.321. The SMILES string of the molecule is C=CC(=O)N1CC(CCn2c(=O)ccc3cnc(Nc4ccc(CCCN(CCC)C(=O)C(C)(C)C)cc4)nc32)C1. The van der Waals surface area contributed by atoms with Gasteiger partial charge < -0.3 is 15.1 Å². The van der Waals surface area contributed by atoms with Gasteiger partial charge in [0.15, 0.2) is 0 Å². The Bertz CT molecular complexity index is 1430. The number of carbonyl (C=O) groups excluding carboxylic acids is 2. The van der Waals surface area contributed by atoms with Crippen LogP contribution in [0.1, 0.15) is 52.5 Å². The maximum atomic E-state index is 12.7. The van der Waals surface area contributed by atoms with Crippen LogP contribution < -0.4 is 10.9 Å². The second kappa shape index (κ2) is 13.1. The molecule has 9 nitrogen and oxygen atoms in total. The highest BCUT2D eigenvalue weighted by atomic mass is 16.2. The maximum absolute atomic E-state index is 12.7. The van der Waals surface area contributed by atoms with Gasteiger partial charge in [-0.15, -0.1) is 0 Å². The lowest BCUT2D eigenvalue weighted by Crippen LogP contribution is -2.49. The number of aryl methyl sites for hydroxylation is 2. The first-order valence-electron chi connectivity index (χ1n) is 14.5. The van der Waals surface area contributed by atoms with Crippen LogP contribution in [0.25, 0.3) is 11.0 Å². The van der Waals surface area contributed by atoms with Crippen LogP contribution in [0.2, 0.25) is 0 Å². The molecule has 2 amide bonds. The van der Waals surface area contributed by atoms with Crippen LogP contribution in [-0.4, -0.2) is 62.3 Å². The second-order valence-electron chi connectivity index (χ2n) is 11.9. The summed E-state index contributed by atoms with van der Waals surface area (Å²) in [6.07, 6.45) is 6.59. The van der Waals surface area contributed by atoms with Gasteiger partial charge in [0.25, 0.3) is 5.56 Å². The molecule has 0 bridgehead atoms. The molecular formula is C32H42N6O3. The number of hydrogen-bond acceptors (Lipinski definition) is 6. The third-order valence-corrected chi connectivity index (χ3v) is 7.45. The van der Waals surface area contributed by atoms with Crippen LogP contribution >= 0.6 is 0 Å². The van der Waals surface area contributed by atoms with E-state index < -0.39 is 0 Å². The maximum Gasteiger partial charge on any atom is 0.252 e. The summed E-state index contributed by atoms with van der Waals surface area (Å²) in [5.74, 6) is 0.931. The number of carbonyl (C=O) groups is 2. The summed E-state index contributed by atoms with van der Waals surface area (Å²) in [7, 11) is 0. The second-order valence-corrected chi connectivity index (χ2v) is 11.9. The average molecular weight is 559 g/mol. The molecule has 1 fully saturated rings. The normalized spacial score (nSPS) is 13.6. The van der Waals surface area contributed by atoms with Crippen LogP contribution in [0.15, 0.2) is 60.0 Å². The van der Waals surface area contributed by atoms with Gasteiger partial charge >= 0.3 is 0 Å². The summed E-state index contributed by atoms with van der Waals surface area (Å²) in [4.78, 5) is 50.0. The van der Waals surface area contributed by atoms with Gasteiger partial charge in [-0.25, -0.2) is 4.98 Å². The lowest BCUT2D eigenvalue weighted by Gasteiger charge is -2.38. The van der Waals surface area contributed by atoms with E-state index in [2.05, 4.69) is 40.9 Å². The van der Waals surface area contributed by atoms with E-state index in [-0.39, 0.29) is 22.8 Å². The van der Waals surface area contributed by atoms with E-state index in [1.807, 2.05) is 37.8 Å². The highest BCUT2D eigenvalue weighted by Gasteiger charge is 2.29. The standard InChI is InChI=1S/C32H42N6O3/c1-6-17-36(30(41)32(3,4)5)18-8-9-23-10-13-26(14-11-23)34-31-33-20-25-12-15-28(40)38(29(25)35-31)19-16-24-21-37(22-24)27(39)7-2/h7,10-15,20,24H,2,6,8-9,16-19,21-22H2,1,3-5H3,(H,33,34,35). The van der Waals surface area contributed by atoms with E-state index >= 15 is 0 Å². The Morgan fingerprint density at radius 2 is 1.85 bits per heavy atom. The number of fused-ring (bicyclic) bond motifs is 1. The van der Waals surface area contributed by atoms with E-state index in [1.54, 1.807) is 27.8 Å². The van der Waals surface area contributed by atoms with E-state index in [0.717, 1.165) is 49.8 Å². The van der Waals surface area contributed by atoms with Gasteiger partial charge in [0, 0.05) is 61.5 Å². The summed E-state index contributed by atoms with van der Waals surface area (Å²) in [5.41, 5.74) is 2.17. The van der Waals surface area contributed by atoms with Crippen molar-refractivity contribution in [2.24, 2.45) is 11.3 Å². The molecule has 1 N–H and O–H groups in total. The van der Waals surface area contributed by atoms with Gasteiger partial charge in [-0.1, -0.05) is 46.4 Å². The topological polar surface area (TPSA) is 100 Å². The van der Waals surface area contributed by atoms with Gasteiger partial charge in [0.1, 0.15) is 5.65 Å². The van der Waals surface area contributed by atoms with Crippen molar-refractivity contribution in [1.82, 2.24) is 24.3 Å². The van der Waals surface area contributed by atoms with Crippen LogP contribution in [-0.2, 0) is 22.6 Å². The van der Waals surface area contributed by atoms with Crippen LogP contribution in [0, 0.1) is 11.3 Å². The number of likely N-dealkylation sites (tertiary alicyclic amines) is 1. The Balaban J connectivity index is 1.36. The zero-order valence-corrected chi connectivity index (χ0v) is 24.7. The molecular weight excluding hydrogens is 516 g/mol. The Morgan fingerprint density at radius 3 is 2.51 bits per heavy atom. The van der Waals surface area contributed by atoms with Gasteiger partial charge in [0.05, 0.1) is 0 Å². The van der Waals surface area contributed by atoms with Crippen molar-refractivity contribution in [2.45, 2.75) is 59.9 Å². The van der Waals surface area contributed by atoms with Crippen molar-refractivity contribution in [3.63, 3.8) is 0 Å². The predicted octanol–water partition coefficient (Wildman–Crippen LogP) is 4.79. The Labute approximate surface area is 242 Å². The van der Waals surface area contributed by atoms with E-state index in [9.17, 15) is 14.4 Å². The monoisotopic (exact) mass is 558 g/mol. The molecule has 218 valence electrons. The first-order chi connectivity index (χ1) is 19.6. The minimum absolute atomic E-state index is 0.0497. The van der Waals surface area contributed by atoms with E-state index in [1.165, 1.54) is 11.6 Å². The molecule has 0 saturated carbocycles. The molecule has 0 atom stereocenters. The van der Waals surface area contributed by atoms with Crippen LogP contribution in [0.3, 0.4) is 0 Å².